The molecule has 0 saturated heterocycles. The molecule has 0 spiro atoms. The van der Waals surface area contributed by atoms with Gasteiger partial charge in [0.1, 0.15) is 5.75 Å². The molecule has 1 aromatic rings. The van der Waals surface area contributed by atoms with E-state index in [1.807, 2.05) is 6.07 Å². The van der Waals surface area contributed by atoms with Gasteiger partial charge in [-0.15, -0.1) is 0 Å². The summed E-state index contributed by atoms with van der Waals surface area (Å²) in [5.74, 6) is 0.213. The van der Waals surface area contributed by atoms with Crippen molar-refractivity contribution in [1.82, 2.24) is 0 Å². The van der Waals surface area contributed by atoms with E-state index in [-0.39, 0.29) is 11.4 Å². The first-order valence-electron chi connectivity index (χ1n) is 4.79. The molecule has 2 nitrogen and oxygen atoms in total. The van der Waals surface area contributed by atoms with E-state index >= 15 is 0 Å². The molecule has 0 aliphatic rings. The minimum absolute atomic E-state index is 0.0740. The summed E-state index contributed by atoms with van der Waals surface area (Å²) in [4.78, 5) is 10.9. The van der Waals surface area contributed by atoms with Gasteiger partial charge in [0.25, 0.3) is 0 Å². The summed E-state index contributed by atoms with van der Waals surface area (Å²) in [5.41, 5.74) is 0.900. The second-order valence-electron chi connectivity index (χ2n) is 4.48. The van der Waals surface area contributed by atoms with Crippen molar-refractivity contribution in [2.45, 2.75) is 33.1 Å². The normalized spacial score (nSPS) is 11.3. The molecule has 0 unspecified atom stereocenters. The number of hydrogen-bond donors (Lipinski definition) is 0. The molecule has 0 atom stereocenters. The zero-order chi connectivity index (χ0) is 11.6. The number of halogens is 1. The van der Waals surface area contributed by atoms with Gasteiger partial charge in [-0.2, -0.15) is 0 Å². The van der Waals surface area contributed by atoms with Crippen LogP contribution in [-0.4, -0.2) is 5.97 Å². The van der Waals surface area contributed by atoms with Crippen molar-refractivity contribution in [3.8, 4) is 5.75 Å². The molecule has 0 amide bonds. The molecular formula is C12H15ClO2. The summed E-state index contributed by atoms with van der Waals surface area (Å²) in [6.45, 7) is 7.56. The summed E-state index contributed by atoms with van der Waals surface area (Å²) in [6.07, 6.45) is 0. The summed E-state index contributed by atoms with van der Waals surface area (Å²) < 4.78 is 5.13. The van der Waals surface area contributed by atoms with Crippen LogP contribution in [0, 0.1) is 0 Å². The molecule has 0 radical (unpaired) electrons. The van der Waals surface area contributed by atoms with Crippen LogP contribution in [0.1, 0.15) is 33.3 Å². The third-order valence-corrected chi connectivity index (χ3v) is 2.24. The van der Waals surface area contributed by atoms with Gasteiger partial charge in [0, 0.05) is 17.5 Å². The van der Waals surface area contributed by atoms with Crippen molar-refractivity contribution in [2.75, 3.05) is 0 Å². The number of rotatable bonds is 1. The zero-order valence-electron chi connectivity index (χ0n) is 9.43. The van der Waals surface area contributed by atoms with Gasteiger partial charge < -0.3 is 4.74 Å². The van der Waals surface area contributed by atoms with Crippen molar-refractivity contribution in [2.24, 2.45) is 0 Å². The molecule has 0 bridgehead atoms. The number of esters is 1. The highest BCUT2D eigenvalue weighted by Crippen LogP contribution is 2.33. The predicted octanol–water partition coefficient (Wildman–Crippen LogP) is 3.56. The monoisotopic (exact) mass is 226 g/mol. The smallest absolute Gasteiger partial charge is 0.308 e. The number of carbonyl (C=O) groups excluding carboxylic acids is 1. The summed E-state index contributed by atoms with van der Waals surface area (Å²) >= 11 is 5.86. The van der Waals surface area contributed by atoms with E-state index in [2.05, 4.69) is 20.8 Å². The molecule has 0 aliphatic carbocycles. The summed E-state index contributed by atoms with van der Waals surface area (Å²) in [5, 5.41) is 0.569. The molecule has 0 aromatic heterocycles. The summed E-state index contributed by atoms with van der Waals surface area (Å²) in [6, 6.07) is 5.36. The maximum Gasteiger partial charge on any atom is 0.308 e. The number of benzene rings is 1. The van der Waals surface area contributed by atoms with Crippen LogP contribution in [0.4, 0.5) is 0 Å². The lowest BCUT2D eigenvalue weighted by Crippen LogP contribution is -2.14. The van der Waals surface area contributed by atoms with Crippen LogP contribution in [0.3, 0.4) is 0 Å². The van der Waals surface area contributed by atoms with Crippen LogP contribution >= 0.6 is 11.6 Å². The largest absolute Gasteiger partial charge is 0.426 e. The first-order chi connectivity index (χ1) is 6.80. The van der Waals surface area contributed by atoms with Crippen LogP contribution in [0.25, 0.3) is 0 Å². The van der Waals surface area contributed by atoms with Gasteiger partial charge in [-0.3, -0.25) is 4.79 Å². The average Bonchev–Trinajstić information content (AvgIpc) is 1.99. The fourth-order valence-electron chi connectivity index (χ4n) is 1.36. The Morgan fingerprint density at radius 1 is 1.33 bits per heavy atom. The van der Waals surface area contributed by atoms with Crippen molar-refractivity contribution < 1.29 is 9.53 Å². The fourth-order valence-corrected chi connectivity index (χ4v) is 1.52. The van der Waals surface area contributed by atoms with Gasteiger partial charge in [0.05, 0.1) is 0 Å². The molecular weight excluding hydrogens is 212 g/mol. The standard InChI is InChI=1S/C12H15ClO2/c1-8(14)15-11-7-9(13)5-6-10(11)12(2,3)4/h5-7H,1-4H3. The Balaban J connectivity index is 3.20. The molecule has 1 rings (SSSR count). The predicted molar refractivity (Wildman–Crippen MR) is 61.5 cm³/mol. The third kappa shape index (κ3) is 3.24. The topological polar surface area (TPSA) is 26.3 Å². The fraction of sp³-hybridized carbons (Fsp3) is 0.417. The van der Waals surface area contributed by atoms with E-state index in [0.29, 0.717) is 10.8 Å². The van der Waals surface area contributed by atoms with Crippen LogP contribution in [-0.2, 0) is 10.2 Å². The van der Waals surface area contributed by atoms with Gasteiger partial charge in [-0.1, -0.05) is 38.4 Å². The summed E-state index contributed by atoms with van der Waals surface area (Å²) in [7, 11) is 0. The lowest BCUT2D eigenvalue weighted by molar-refractivity contribution is -0.131. The van der Waals surface area contributed by atoms with E-state index in [0.717, 1.165) is 5.56 Å². The molecule has 0 saturated carbocycles. The highest BCUT2D eigenvalue weighted by atomic mass is 35.5. The van der Waals surface area contributed by atoms with Gasteiger partial charge in [0.2, 0.25) is 0 Å². The quantitative estimate of drug-likeness (QED) is 0.541. The Bertz CT molecular complexity index is 378. The van der Waals surface area contributed by atoms with Gasteiger partial charge in [0.15, 0.2) is 0 Å². The van der Waals surface area contributed by atoms with Gasteiger partial charge >= 0.3 is 5.97 Å². The van der Waals surface area contributed by atoms with Gasteiger partial charge in [-0.25, -0.2) is 0 Å². The van der Waals surface area contributed by atoms with Crippen LogP contribution in [0.5, 0.6) is 5.75 Å². The second-order valence-corrected chi connectivity index (χ2v) is 4.92. The maximum absolute atomic E-state index is 10.9. The van der Waals surface area contributed by atoms with E-state index in [9.17, 15) is 4.79 Å². The molecule has 0 fully saturated rings. The van der Waals surface area contributed by atoms with E-state index < -0.39 is 0 Å². The van der Waals surface area contributed by atoms with Crippen LogP contribution in [0.15, 0.2) is 18.2 Å². The molecule has 3 heteroatoms. The Morgan fingerprint density at radius 2 is 1.93 bits per heavy atom. The number of hydrogen-bond acceptors (Lipinski definition) is 2. The first-order valence-corrected chi connectivity index (χ1v) is 5.17. The highest BCUT2D eigenvalue weighted by molar-refractivity contribution is 6.30. The van der Waals surface area contributed by atoms with Crippen molar-refractivity contribution >= 4 is 17.6 Å². The van der Waals surface area contributed by atoms with Gasteiger partial charge in [-0.05, 0) is 17.5 Å². The molecule has 1 aromatic carbocycles. The minimum Gasteiger partial charge on any atom is -0.426 e. The van der Waals surface area contributed by atoms with Crippen molar-refractivity contribution in [3.05, 3.63) is 28.8 Å². The van der Waals surface area contributed by atoms with E-state index in [1.54, 1.807) is 12.1 Å². The Hall–Kier alpha value is -1.02. The number of ether oxygens (including phenoxy) is 1. The second kappa shape index (κ2) is 4.23. The lowest BCUT2D eigenvalue weighted by Gasteiger charge is -2.22. The van der Waals surface area contributed by atoms with Crippen molar-refractivity contribution in [3.63, 3.8) is 0 Å². The first kappa shape index (κ1) is 12.1. The Morgan fingerprint density at radius 3 is 2.40 bits per heavy atom. The zero-order valence-corrected chi connectivity index (χ0v) is 10.2. The lowest BCUT2D eigenvalue weighted by atomic mass is 9.86. The molecule has 0 aliphatic heterocycles. The Labute approximate surface area is 95.2 Å². The molecule has 82 valence electrons. The van der Waals surface area contributed by atoms with E-state index in [1.165, 1.54) is 6.92 Å². The average molecular weight is 227 g/mol. The molecule has 0 heterocycles. The van der Waals surface area contributed by atoms with E-state index in [4.69, 9.17) is 16.3 Å². The highest BCUT2D eigenvalue weighted by Gasteiger charge is 2.19. The Kier molecular flexibility index (Phi) is 3.40. The number of carbonyl (C=O) groups is 1. The minimum atomic E-state index is -0.331. The molecule has 15 heavy (non-hydrogen) atoms. The van der Waals surface area contributed by atoms with Crippen LogP contribution < -0.4 is 4.74 Å². The van der Waals surface area contributed by atoms with Crippen LogP contribution in [0.2, 0.25) is 5.02 Å². The molecule has 0 N–H and O–H groups in total. The maximum atomic E-state index is 10.9. The third-order valence-electron chi connectivity index (χ3n) is 2.01. The van der Waals surface area contributed by atoms with Crippen molar-refractivity contribution in [1.29, 1.82) is 0 Å². The SMILES string of the molecule is CC(=O)Oc1cc(Cl)ccc1C(C)(C)C.